The highest BCUT2D eigenvalue weighted by Crippen LogP contribution is 2.18. The van der Waals surface area contributed by atoms with Crippen LogP contribution in [0.4, 0.5) is 0 Å². The van der Waals surface area contributed by atoms with Crippen LogP contribution < -0.4 is 10.3 Å². The Balaban J connectivity index is 2.05. The average Bonchev–Trinajstić information content (AvgIpc) is 2.52. The van der Waals surface area contributed by atoms with Gasteiger partial charge in [0, 0.05) is 6.20 Å². The SMILES string of the molecule is COc1ccc(Cn2cnc3c(Cl)nccc3c2=O)c(C)c1. The summed E-state index contributed by atoms with van der Waals surface area (Å²) < 4.78 is 6.76. The van der Waals surface area contributed by atoms with E-state index in [0.29, 0.717) is 17.4 Å². The summed E-state index contributed by atoms with van der Waals surface area (Å²) >= 11 is 5.96. The Hall–Kier alpha value is -2.40. The van der Waals surface area contributed by atoms with E-state index in [-0.39, 0.29) is 10.7 Å². The summed E-state index contributed by atoms with van der Waals surface area (Å²) in [4.78, 5) is 20.7. The number of aryl methyl sites for hydroxylation is 1. The van der Waals surface area contributed by atoms with Gasteiger partial charge in [0.15, 0.2) is 5.15 Å². The summed E-state index contributed by atoms with van der Waals surface area (Å²) in [6.45, 7) is 2.43. The number of halogens is 1. The number of nitrogens with zero attached hydrogens (tertiary/aromatic N) is 3. The van der Waals surface area contributed by atoms with Crippen molar-refractivity contribution in [3.05, 3.63) is 63.4 Å². The van der Waals surface area contributed by atoms with E-state index in [0.717, 1.165) is 16.9 Å². The third kappa shape index (κ3) is 2.55. The lowest BCUT2D eigenvalue weighted by atomic mass is 10.1. The number of methoxy groups -OCH3 is 1. The molecule has 0 aliphatic rings. The molecule has 0 saturated carbocycles. The van der Waals surface area contributed by atoms with Gasteiger partial charge >= 0.3 is 0 Å². The van der Waals surface area contributed by atoms with Crippen LogP contribution in [0.15, 0.2) is 41.6 Å². The summed E-state index contributed by atoms with van der Waals surface area (Å²) in [5, 5.41) is 0.705. The highest BCUT2D eigenvalue weighted by atomic mass is 35.5. The van der Waals surface area contributed by atoms with Gasteiger partial charge in [-0.1, -0.05) is 17.7 Å². The molecule has 1 aromatic carbocycles. The molecule has 2 heterocycles. The van der Waals surface area contributed by atoms with Crippen molar-refractivity contribution in [2.75, 3.05) is 7.11 Å². The normalized spacial score (nSPS) is 10.9. The van der Waals surface area contributed by atoms with Gasteiger partial charge in [0.2, 0.25) is 0 Å². The molecule has 0 amide bonds. The van der Waals surface area contributed by atoms with Gasteiger partial charge in [-0.2, -0.15) is 0 Å². The van der Waals surface area contributed by atoms with Crippen LogP contribution in [-0.4, -0.2) is 21.6 Å². The van der Waals surface area contributed by atoms with Gasteiger partial charge in [-0.05, 0) is 36.2 Å². The number of rotatable bonds is 3. The molecule has 0 radical (unpaired) electrons. The van der Waals surface area contributed by atoms with E-state index < -0.39 is 0 Å². The second-order valence-corrected chi connectivity index (χ2v) is 5.33. The summed E-state index contributed by atoms with van der Waals surface area (Å²) in [6, 6.07) is 7.40. The molecule has 0 spiro atoms. The largest absolute Gasteiger partial charge is 0.497 e. The molecule has 0 aliphatic carbocycles. The van der Waals surface area contributed by atoms with Crippen LogP contribution in [0.2, 0.25) is 5.15 Å². The number of aromatic nitrogens is 3. The van der Waals surface area contributed by atoms with Gasteiger partial charge in [-0.3, -0.25) is 9.36 Å². The van der Waals surface area contributed by atoms with Crippen molar-refractivity contribution in [3.63, 3.8) is 0 Å². The van der Waals surface area contributed by atoms with E-state index in [1.54, 1.807) is 17.7 Å². The Morgan fingerprint density at radius 2 is 2.09 bits per heavy atom. The first-order chi connectivity index (χ1) is 10.6. The monoisotopic (exact) mass is 315 g/mol. The predicted molar refractivity (Wildman–Crippen MR) is 85.6 cm³/mol. The fraction of sp³-hybridized carbons (Fsp3) is 0.188. The Bertz CT molecular complexity index is 906. The van der Waals surface area contributed by atoms with Crippen LogP contribution in [0, 0.1) is 6.92 Å². The highest BCUT2D eigenvalue weighted by Gasteiger charge is 2.09. The number of fused-ring (bicyclic) bond motifs is 1. The number of pyridine rings is 1. The molecule has 5 nitrogen and oxygen atoms in total. The molecule has 0 atom stereocenters. The minimum atomic E-state index is -0.135. The van der Waals surface area contributed by atoms with Crippen LogP contribution in [0.1, 0.15) is 11.1 Å². The number of ether oxygens (including phenoxy) is 1. The zero-order valence-electron chi connectivity index (χ0n) is 12.2. The molecule has 0 aliphatic heterocycles. The second kappa shape index (κ2) is 5.77. The summed E-state index contributed by atoms with van der Waals surface area (Å²) in [5.41, 5.74) is 2.38. The Labute approximate surface area is 132 Å². The quantitative estimate of drug-likeness (QED) is 0.697. The fourth-order valence-corrected chi connectivity index (χ4v) is 2.53. The molecule has 6 heteroatoms. The van der Waals surface area contributed by atoms with Gasteiger partial charge < -0.3 is 4.74 Å². The molecule has 3 rings (SSSR count). The maximum absolute atomic E-state index is 12.5. The minimum absolute atomic E-state index is 0.135. The number of hydrogen-bond donors (Lipinski definition) is 0. The smallest absolute Gasteiger partial charge is 0.261 e. The van der Waals surface area contributed by atoms with E-state index in [4.69, 9.17) is 16.3 Å². The Morgan fingerprint density at radius 1 is 1.27 bits per heavy atom. The van der Waals surface area contributed by atoms with Crippen LogP contribution in [0.5, 0.6) is 5.75 Å². The van der Waals surface area contributed by atoms with Crippen molar-refractivity contribution < 1.29 is 4.74 Å². The third-order valence-electron chi connectivity index (χ3n) is 3.59. The second-order valence-electron chi connectivity index (χ2n) is 4.97. The topological polar surface area (TPSA) is 57.0 Å². The van der Waals surface area contributed by atoms with Crippen molar-refractivity contribution in [3.8, 4) is 5.75 Å². The van der Waals surface area contributed by atoms with Crippen molar-refractivity contribution >= 4 is 22.5 Å². The van der Waals surface area contributed by atoms with Gasteiger partial charge in [0.1, 0.15) is 11.3 Å². The van der Waals surface area contributed by atoms with E-state index >= 15 is 0 Å². The van der Waals surface area contributed by atoms with E-state index in [2.05, 4.69) is 9.97 Å². The zero-order valence-corrected chi connectivity index (χ0v) is 13.0. The number of benzene rings is 1. The molecule has 22 heavy (non-hydrogen) atoms. The highest BCUT2D eigenvalue weighted by molar-refractivity contribution is 6.33. The van der Waals surface area contributed by atoms with E-state index in [1.807, 2.05) is 25.1 Å². The van der Waals surface area contributed by atoms with Crippen LogP contribution in [0.3, 0.4) is 0 Å². The molecule has 2 aromatic heterocycles. The lowest BCUT2D eigenvalue weighted by Gasteiger charge is -2.10. The maximum atomic E-state index is 12.5. The molecular formula is C16H14ClN3O2. The first-order valence-electron chi connectivity index (χ1n) is 6.73. The summed E-state index contributed by atoms with van der Waals surface area (Å²) in [7, 11) is 1.63. The first-order valence-corrected chi connectivity index (χ1v) is 7.11. The van der Waals surface area contributed by atoms with Crippen molar-refractivity contribution in [2.24, 2.45) is 0 Å². The van der Waals surface area contributed by atoms with Crippen molar-refractivity contribution in [1.29, 1.82) is 0 Å². The molecule has 3 aromatic rings. The predicted octanol–water partition coefficient (Wildman–Crippen LogP) is 2.81. The molecule has 0 bridgehead atoms. The Kier molecular flexibility index (Phi) is 3.81. The van der Waals surface area contributed by atoms with Gasteiger partial charge in [0.25, 0.3) is 5.56 Å². The zero-order chi connectivity index (χ0) is 15.7. The van der Waals surface area contributed by atoms with Gasteiger partial charge in [-0.15, -0.1) is 0 Å². The molecule has 0 fully saturated rings. The summed E-state index contributed by atoms with van der Waals surface area (Å²) in [6.07, 6.45) is 3.01. The van der Waals surface area contributed by atoms with Crippen molar-refractivity contribution in [2.45, 2.75) is 13.5 Å². The molecule has 0 N–H and O–H groups in total. The summed E-state index contributed by atoms with van der Waals surface area (Å²) in [5.74, 6) is 0.795. The van der Waals surface area contributed by atoms with Crippen LogP contribution >= 0.6 is 11.6 Å². The first kappa shape index (κ1) is 14.5. The van der Waals surface area contributed by atoms with E-state index in [1.165, 1.54) is 12.5 Å². The van der Waals surface area contributed by atoms with Gasteiger partial charge in [0.05, 0.1) is 25.4 Å². The minimum Gasteiger partial charge on any atom is -0.497 e. The molecule has 0 saturated heterocycles. The molecular weight excluding hydrogens is 302 g/mol. The number of hydrogen-bond acceptors (Lipinski definition) is 4. The maximum Gasteiger partial charge on any atom is 0.261 e. The lowest BCUT2D eigenvalue weighted by Crippen LogP contribution is -2.21. The molecule has 0 unspecified atom stereocenters. The standard InChI is InChI=1S/C16H14ClN3O2/c1-10-7-12(22-2)4-3-11(10)8-20-9-19-14-13(16(20)21)5-6-18-15(14)17/h3-7,9H,8H2,1-2H3. The average molecular weight is 316 g/mol. The van der Waals surface area contributed by atoms with Gasteiger partial charge in [-0.25, -0.2) is 9.97 Å². The lowest BCUT2D eigenvalue weighted by molar-refractivity contribution is 0.414. The Morgan fingerprint density at radius 3 is 2.82 bits per heavy atom. The van der Waals surface area contributed by atoms with Crippen LogP contribution in [0.25, 0.3) is 10.9 Å². The van der Waals surface area contributed by atoms with E-state index in [9.17, 15) is 4.79 Å². The molecule has 112 valence electrons. The van der Waals surface area contributed by atoms with Crippen LogP contribution in [-0.2, 0) is 6.54 Å². The fourth-order valence-electron chi connectivity index (χ4n) is 2.33. The third-order valence-corrected chi connectivity index (χ3v) is 3.86. The van der Waals surface area contributed by atoms with Crippen molar-refractivity contribution in [1.82, 2.24) is 14.5 Å².